The highest BCUT2D eigenvalue weighted by Crippen LogP contribution is 2.20. The number of aryl methyl sites for hydroxylation is 1. The molecule has 2 aromatic rings. The lowest BCUT2D eigenvalue weighted by Crippen LogP contribution is -2.22. The average Bonchev–Trinajstić information content (AvgIpc) is 2.71. The van der Waals surface area contributed by atoms with Gasteiger partial charge in [-0.3, -0.25) is 0 Å². The number of hydrogen-bond acceptors (Lipinski definition) is 3. The Kier molecular flexibility index (Phi) is 2.71. The van der Waals surface area contributed by atoms with Crippen LogP contribution in [-0.2, 0) is 0 Å². The molecular weight excluding hydrogens is 212 g/mol. The molecular formula is C13H18N4. The molecule has 0 bridgehead atoms. The number of rotatable bonds is 2. The molecule has 0 aliphatic heterocycles. The molecule has 1 N–H and O–H groups in total. The summed E-state index contributed by atoms with van der Waals surface area (Å²) in [6, 6.07) is 4.66. The molecule has 0 spiro atoms. The molecule has 0 radical (unpaired) electrons. The van der Waals surface area contributed by atoms with Crippen molar-refractivity contribution in [3.8, 4) is 0 Å². The zero-order chi connectivity index (χ0) is 11.7. The third-order valence-electron chi connectivity index (χ3n) is 3.43. The Balaban J connectivity index is 1.80. The summed E-state index contributed by atoms with van der Waals surface area (Å²) < 4.78 is 1.83. The van der Waals surface area contributed by atoms with Crippen molar-refractivity contribution in [2.75, 3.05) is 5.32 Å². The second-order valence-electron chi connectivity index (χ2n) is 4.92. The monoisotopic (exact) mass is 230 g/mol. The molecule has 4 nitrogen and oxygen atoms in total. The largest absolute Gasteiger partial charge is 0.350 e. The minimum Gasteiger partial charge on any atom is -0.350 e. The van der Waals surface area contributed by atoms with Crippen LogP contribution in [0.1, 0.15) is 37.7 Å². The first-order chi connectivity index (χ1) is 8.31. The van der Waals surface area contributed by atoms with Crippen molar-refractivity contribution in [3.63, 3.8) is 0 Å². The Labute approximate surface area is 101 Å². The van der Waals surface area contributed by atoms with E-state index in [4.69, 9.17) is 0 Å². The first-order valence-corrected chi connectivity index (χ1v) is 6.41. The van der Waals surface area contributed by atoms with Crippen LogP contribution in [0.15, 0.2) is 18.3 Å². The molecule has 3 rings (SSSR count). The van der Waals surface area contributed by atoms with Gasteiger partial charge in [0.1, 0.15) is 0 Å². The Hall–Kier alpha value is -1.58. The maximum absolute atomic E-state index is 4.51. The third kappa shape index (κ3) is 2.25. The van der Waals surface area contributed by atoms with Gasteiger partial charge in [-0.15, -0.1) is 5.10 Å². The summed E-state index contributed by atoms with van der Waals surface area (Å²) in [4.78, 5) is 4.51. The molecule has 0 aromatic carbocycles. The number of fused-ring (bicyclic) bond motifs is 1. The van der Waals surface area contributed by atoms with Gasteiger partial charge in [0.15, 0.2) is 5.65 Å². The van der Waals surface area contributed by atoms with Gasteiger partial charge in [0.2, 0.25) is 5.95 Å². The highest BCUT2D eigenvalue weighted by molar-refractivity contribution is 5.45. The molecule has 2 heterocycles. The van der Waals surface area contributed by atoms with Gasteiger partial charge in [-0.25, -0.2) is 4.52 Å². The van der Waals surface area contributed by atoms with E-state index in [1.165, 1.54) is 37.7 Å². The van der Waals surface area contributed by atoms with Crippen LogP contribution in [0.4, 0.5) is 5.95 Å². The van der Waals surface area contributed by atoms with Crippen molar-refractivity contribution < 1.29 is 0 Å². The number of pyridine rings is 1. The van der Waals surface area contributed by atoms with Crippen molar-refractivity contribution in [1.82, 2.24) is 14.6 Å². The van der Waals surface area contributed by atoms with E-state index < -0.39 is 0 Å². The fraction of sp³-hybridized carbons (Fsp3) is 0.538. The summed E-state index contributed by atoms with van der Waals surface area (Å²) in [6.45, 7) is 2.07. The number of aromatic nitrogens is 3. The van der Waals surface area contributed by atoms with E-state index in [-0.39, 0.29) is 0 Å². The van der Waals surface area contributed by atoms with Crippen LogP contribution in [0.3, 0.4) is 0 Å². The standard InChI is InChI=1S/C13H18N4/c1-10-7-8-17-12(9-10)15-13(16-17)14-11-5-3-2-4-6-11/h7-9,11H,2-6H2,1H3,(H,14,16). The molecule has 0 amide bonds. The van der Waals surface area contributed by atoms with Crippen LogP contribution in [-0.4, -0.2) is 20.6 Å². The van der Waals surface area contributed by atoms with E-state index >= 15 is 0 Å². The van der Waals surface area contributed by atoms with Crippen molar-refractivity contribution in [1.29, 1.82) is 0 Å². The smallest absolute Gasteiger partial charge is 0.243 e. The predicted molar refractivity (Wildman–Crippen MR) is 68.2 cm³/mol. The second-order valence-corrected chi connectivity index (χ2v) is 4.92. The molecule has 1 fully saturated rings. The van der Waals surface area contributed by atoms with Gasteiger partial charge < -0.3 is 5.32 Å². The number of nitrogens with zero attached hydrogens (tertiary/aromatic N) is 3. The van der Waals surface area contributed by atoms with Gasteiger partial charge in [0, 0.05) is 12.2 Å². The van der Waals surface area contributed by atoms with Gasteiger partial charge in [-0.2, -0.15) is 4.98 Å². The fourth-order valence-corrected chi connectivity index (χ4v) is 2.47. The van der Waals surface area contributed by atoms with Gasteiger partial charge in [-0.1, -0.05) is 19.3 Å². The highest BCUT2D eigenvalue weighted by Gasteiger charge is 2.14. The predicted octanol–water partition coefficient (Wildman–Crippen LogP) is 2.78. The van der Waals surface area contributed by atoms with Crippen LogP contribution in [0.25, 0.3) is 5.65 Å². The molecule has 1 saturated carbocycles. The topological polar surface area (TPSA) is 42.2 Å². The molecule has 90 valence electrons. The average molecular weight is 230 g/mol. The lowest BCUT2D eigenvalue weighted by molar-refractivity contribution is 0.461. The third-order valence-corrected chi connectivity index (χ3v) is 3.43. The van der Waals surface area contributed by atoms with Crippen molar-refractivity contribution >= 4 is 11.6 Å². The zero-order valence-electron chi connectivity index (χ0n) is 10.2. The minimum atomic E-state index is 0.558. The van der Waals surface area contributed by atoms with Gasteiger partial charge >= 0.3 is 0 Å². The van der Waals surface area contributed by atoms with Crippen LogP contribution in [0, 0.1) is 6.92 Å². The summed E-state index contributed by atoms with van der Waals surface area (Å²) in [6.07, 6.45) is 8.47. The van der Waals surface area contributed by atoms with E-state index in [9.17, 15) is 0 Å². The van der Waals surface area contributed by atoms with Crippen molar-refractivity contribution in [3.05, 3.63) is 23.9 Å². The molecule has 0 atom stereocenters. The van der Waals surface area contributed by atoms with E-state index in [1.54, 1.807) is 0 Å². The molecule has 17 heavy (non-hydrogen) atoms. The van der Waals surface area contributed by atoms with E-state index in [2.05, 4.69) is 28.4 Å². The molecule has 0 unspecified atom stereocenters. The maximum Gasteiger partial charge on any atom is 0.243 e. The van der Waals surface area contributed by atoms with E-state index in [0.717, 1.165) is 11.6 Å². The summed E-state index contributed by atoms with van der Waals surface area (Å²) >= 11 is 0. The lowest BCUT2D eigenvalue weighted by Gasteiger charge is -2.21. The van der Waals surface area contributed by atoms with Crippen molar-refractivity contribution in [2.24, 2.45) is 0 Å². The van der Waals surface area contributed by atoms with Crippen molar-refractivity contribution in [2.45, 2.75) is 45.1 Å². The first kappa shape index (κ1) is 10.6. The second kappa shape index (κ2) is 4.35. The summed E-state index contributed by atoms with van der Waals surface area (Å²) in [7, 11) is 0. The molecule has 2 aromatic heterocycles. The molecule has 0 saturated heterocycles. The number of nitrogens with one attached hydrogen (secondary N) is 1. The summed E-state index contributed by atoms with van der Waals surface area (Å²) in [5.41, 5.74) is 2.14. The Morgan fingerprint density at radius 1 is 1.29 bits per heavy atom. The van der Waals surface area contributed by atoms with Crippen LogP contribution in [0.2, 0.25) is 0 Å². The number of anilines is 1. The van der Waals surface area contributed by atoms with Gasteiger partial charge in [0.25, 0.3) is 0 Å². The molecule has 1 aliphatic carbocycles. The maximum atomic E-state index is 4.51. The Morgan fingerprint density at radius 2 is 2.12 bits per heavy atom. The SMILES string of the molecule is Cc1ccn2nc(NC3CCCCC3)nc2c1. The van der Waals surface area contributed by atoms with E-state index in [1.807, 2.05) is 16.8 Å². The zero-order valence-corrected chi connectivity index (χ0v) is 10.2. The summed E-state index contributed by atoms with van der Waals surface area (Å²) in [5.74, 6) is 0.766. The molecule has 1 aliphatic rings. The van der Waals surface area contributed by atoms with Gasteiger partial charge in [-0.05, 0) is 37.5 Å². The van der Waals surface area contributed by atoms with Crippen LogP contribution < -0.4 is 5.32 Å². The number of hydrogen-bond donors (Lipinski definition) is 1. The Morgan fingerprint density at radius 3 is 2.94 bits per heavy atom. The van der Waals surface area contributed by atoms with Crippen LogP contribution >= 0.6 is 0 Å². The minimum absolute atomic E-state index is 0.558. The Bertz CT molecular complexity index is 511. The summed E-state index contributed by atoms with van der Waals surface area (Å²) in [5, 5.41) is 7.89. The fourth-order valence-electron chi connectivity index (χ4n) is 2.47. The first-order valence-electron chi connectivity index (χ1n) is 6.41. The van der Waals surface area contributed by atoms with E-state index in [0.29, 0.717) is 6.04 Å². The van der Waals surface area contributed by atoms with Gasteiger partial charge in [0.05, 0.1) is 0 Å². The van der Waals surface area contributed by atoms with Crippen LogP contribution in [0.5, 0.6) is 0 Å². The molecule has 4 heteroatoms. The normalized spacial score (nSPS) is 17.5. The highest BCUT2D eigenvalue weighted by atomic mass is 15.3. The quantitative estimate of drug-likeness (QED) is 0.862. The lowest BCUT2D eigenvalue weighted by atomic mass is 9.96.